The average Bonchev–Trinajstić information content (AvgIpc) is 2.94. The molecule has 1 unspecified atom stereocenters. The number of rotatable bonds is 6. The average molecular weight is 325 g/mol. The molecule has 1 aliphatic rings. The second-order valence-corrected chi connectivity index (χ2v) is 7.24. The Morgan fingerprint density at radius 1 is 1.45 bits per heavy atom. The zero-order valence-electron chi connectivity index (χ0n) is 13.2. The van der Waals surface area contributed by atoms with Crippen LogP contribution in [0.15, 0.2) is 29.3 Å². The van der Waals surface area contributed by atoms with Gasteiger partial charge in [-0.15, -0.1) is 0 Å². The summed E-state index contributed by atoms with van der Waals surface area (Å²) < 4.78 is 18.8. The lowest BCUT2D eigenvalue weighted by Crippen LogP contribution is -2.44. The lowest BCUT2D eigenvalue weighted by atomic mass is 10.1. The molecule has 22 heavy (non-hydrogen) atoms. The number of aliphatic imine (C=N–C) groups is 1. The molecule has 0 saturated carbocycles. The van der Waals surface area contributed by atoms with Gasteiger partial charge in [-0.05, 0) is 37.7 Å². The van der Waals surface area contributed by atoms with Crippen LogP contribution < -0.4 is 15.4 Å². The zero-order valence-corrected chi connectivity index (χ0v) is 14.0. The van der Waals surface area contributed by atoms with Crippen molar-refractivity contribution in [3.63, 3.8) is 0 Å². The zero-order chi connectivity index (χ0) is 15.8. The smallest absolute Gasteiger partial charge is 0.191 e. The molecule has 0 aromatic heterocycles. The standard InChI is InChI=1S/C16H24FN3OS/c1-16(7-4-10-22-16)12-20-15(18-2)19-8-9-21-14-6-3-5-13(17)11-14/h3,5-6,11H,4,7-10,12H2,1-2H3,(H2,18,19,20). The first-order valence-corrected chi connectivity index (χ1v) is 8.57. The quantitative estimate of drug-likeness (QED) is 0.479. The summed E-state index contributed by atoms with van der Waals surface area (Å²) in [7, 11) is 1.76. The number of hydrogen-bond donors (Lipinski definition) is 2. The maximum absolute atomic E-state index is 13.0. The first kappa shape index (κ1) is 16.9. The van der Waals surface area contributed by atoms with Gasteiger partial charge >= 0.3 is 0 Å². The Labute approximate surface area is 135 Å². The number of benzene rings is 1. The van der Waals surface area contributed by atoms with E-state index in [0.717, 1.165) is 12.5 Å². The van der Waals surface area contributed by atoms with Crippen LogP contribution in [0.4, 0.5) is 4.39 Å². The number of guanidine groups is 1. The fraction of sp³-hybridized carbons (Fsp3) is 0.562. The van der Waals surface area contributed by atoms with Gasteiger partial charge in [0.05, 0.1) is 6.54 Å². The fourth-order valence-electron chi connectivity index (χ4n) is 2.36. The molecule has 0 radical (unpaired) electrons. The summed E-state index contributed by atoms with van der Waals surface area (Å²) in [6.07, 6.45) is 2.53. The minimum Gasteiger partial charge on any atom is -0.492 e. The molecule has 1 heterocycles. The molecule has 1 fully saturated rings. The molecular weight excluding hydrogens is 301 g/mol. The van der Waals surface area contributed by atoms with E-state index < -0.39 is 0 Å². The molecule has 0 aliphatic carbocycles. The molecule has 1 saturated heterocycles. The van der Waals surface area contributed by atoms with Crippen LogP contribution in [0.25, 0.3) is 0 Å². The Kier molecular flexibility index (Phi) is 6.36. The van der Waals surface area contributed by atoms with Crippen molar-refractivity contribution < 1.29 is 9.13 Å². The van der Waals surface area contributed by atoms with Crippen molar-refractivity contribution in [2.24, 2.45) is 4.99 Å². The summed E-state index contributed by atoms with van der Waals surface area (Å²) in [6.45, 7) is 4.26. The molecule has 1 aromatic rings. The fourth-order valence-corrected chi connectivity index (χ4v) is 3.61. The van der Waals surface area contributed by atoms with E-state index >= 15 is 0 Å². The Morgan fingerprint density at radius 3 is 3.00 bits per heavy atom. The summed E-state index contributed by atoms with van der Waals surface area (Å²) in [5.41, 5.74) is 0. The van der Waals surface area contributed by atoms with Crippen molar-refractivity contribution in [2.75, 3.05) is 32.5 Å². The van der Waals surface area contributed by atoms with E-state index in [1.165, 1.54) is 30.7 Å². The summed E-state index contributed by atoms with van der Waals surface area (Å²) in [5, 5.41) is 6.57. The second-order valence-electron chi connectivity index (χ2n) is 5.56. The second kappa shape index (κ2) is 8.27. The number of nitrogens with zero attached hydrogens (tertiary/aromatic N) is 1. The van der Waals surface area contributed by atoms with Crippen LogP contribution in [-0.4, -0.2) is 43.2 Å². The Morgan fingerprint density at radius 2 is 2.32 bits per heavy atom. The summed E-state index contributed by atoms with van der Waals surface area (Å²) >= 11 is 2.02. The summed E-state index contributed by atoms with van der Waals surface area (Å²) in [5.74, 6) is 2.27. The van der Waals surface area contributed by atoms with Crippen LogP contribution in [-0.2, 0) is 0 Å². The van der Waals surface area contributed by atoms with Gasteiger partial charge in [0, 0.05) is 24.4 Å². The van der Waals surface area contributed by atoms with Crippen molar-refractivity contribution in [3.05, 3.63) is 30.1 Å². The predicted molar refractivity (Wildman–Crippen MR) is 91.4 cm³/mol. The molecular formula is C16H24FN3OS. The van der Waals surface area contributed by atoms with Gasteiger partial charge in [-0.3, -0.25) is 4.99 Å². The van der Waals surface area contributed by atoms with Crippen molar-refractivity contribution in [2.45, 2.75) is 24.5 Å². The first-order chi connectivity index (χ1) is 10.6. The number of halogens is 1. The molecule has 2 rings (SSSR count). The minimum absolute atomic E-state index is 0.287. The van der Waals surface area contributed by atoms with Crippen molar-refractivity contribution >= 4 is 17.7 Å². The maximum atomic E-state index is 13.0. The molecule has 6 heteroatoms. The highest BCUT2D eigenvalue weighted by Gasteiger charge is 2.29. The third-order valence-electron chi connectivity index (χ3n) is 3.61. The van der Waals surface area contributed by atoms with Gasteiger partial charge in [0.15, 0.2) is 5.96 Å². The van der Waals surface area contributed by atoms with Crippen LogP contribution >= 0.6 is 11.8 Å². The van der Waals surface area contributed by atoms with E-state index in [4.69, 9.17) is 4.74 Å². The summed E-state index contributed by atoms with van der Waals surface area (Å²) in [4.78, 5) is 4.21. The van der Waals surface area contributed by atoms with Crippen molar-refractivity contribution in [1.29, 1.82) is 0 Å². The number of thioether (sulfide) groups is 1. The third-order valence-corrected chi connectivity index (χ3v) is 5.15. The van der Waals surface area contributed by atoms with Crippen LogP contribution in [0, 0.1) is 5.82 Å². The highest BCUT2D eigenvalue weighted by Crippen LogP contribution is 2.36. The topological polar surface area (TPSA) is 45.7 Å². The van der Waals surface area contributed by atoms with Crippen molar-refractivity contribution in [3.8, 4) is 5.75 Å². The first-order valence-electron chi connectivity index (χ1n) is 7.58. The van der Waals surface area contributed by atoms with Crippen LogP contribution in [0.3, 0.4) is 0 Å². The van der Waals surface area contributed by atoms with E-state index in [-0.39, 0.29) is 5.82 Å². The van der Waals surface area contributed by atoms with Gasteiger partial charge in [-0.25, -0.2) is 4.39 Å². The number of hydrogen-bond acceptors (Lipinski definition) is 3. The molecule has 0 spiro atoms. The van der Waals surface area contributed by atoms with Gasteiger partial charge in [0.25, 0.3) is 0 Å². The Balaban J connectivity index is 1.66. The molecule has 122 valence electrons. The van der Waals surface area contributed by atoms with Gasteiger partial charge in [0.2, 0.25) is 0 Å². The minimum atomic E-state index is -0.287. The van der Waals surface area contributed by atoms with E-state index in [1.807, 2.05) is 11.8 Å². The lowest BCUT2D eigenvalue weighted by molar-refractivity contribution is 0.320. The van der Waals surface area contributed by atoms with Crippen molar-refractivity contribution in [1.82, 2.24) is 10.6 Å². The van der Waals surface area contributed by atoms with Gasteiger partial charge in [-0.1, -0.05) is 6.07 Å². The molecule has 1 atom stereocenters. The molecule has 1 aliphatic heterocycles. The molecule has 0 bridgehead atoms. The van der Waals surface area contributed by atoms with E-state index in [9.17, 15) is 4.39 Å². The Bertz CT molecular complexity index is 504. The monoisotopic (exact) mass is 325 g/mol. The van der Waals surface area contributed by atoms with E-state index in [2.05, 4.69) is 22.5 Å². The van der Waals surface area contributed by atoms with Crippen LogP contribution in [0.1, 0.15) is 19.8 Å². The maximum Gasteiger partial charge on any atom is 0.191 e. The lowest BCUT2D eigenvalue weighted by Gasteiger charge is -2.24. The third kappa shape index (κ3) is 5.40. The highest BCUT2D eigenvalue weighted by atomic mass is 32.2. The van der Waals surface area contributed by atoms with Gasteiger partial charge in [-0.2, -0.15) is 11.8 Å². The molecule has 2 N–H and O–H groups in total. The Hall–Kier alpha value is -1.43. The summed E-state index contributed by atoms with van der Waals surface area (Å²) in [6, 6.07) is 6.16. The molecule has 0 amide bonds. The number of ether oxygens (including phenoxy) is 1. The predicted octanol–water partition coefficient (Wildman–Crippen LogP) is 2.66. The normalized spacial score (nSPS) is 21.7. The SMILES string of the molecule is CN=C(NCCOc1cccc(F)c1)NCC1(C)CCCS1. The molecule has 1 aromatic carbocycles. The van der Waals surface area contributed by atoms with E-state index in [0.29, 0.717) is 23.6 Å². The number of nitrogens with one attached hydrogen (secondary N) is 2. The van der Waals surface area contributed by atoms with Gasteiger partial charge in [0.1, 0.15) is 18.2 Å². The van der Waals surface area contributed by atoms with Gasteiger partial charge < -0.3 is 15.4 Å². The van der Waals surface area contributed by atoms with Crippen LogP contribution in [0.5, 0.6) is 5.75 Å². The van der Waals surface area contributed by atoms with Crippen LogP contribution in [0.2, 0.25) is 0 Å². The molecule has 4 nitrogen and oxygen atoms in total. The van der Waals surface area contributed by atoms with E-state index in [1.54, 1.807) is 19.2 Å². The highest BCUT2D eigenvalue weighted by molar-refractivity contribution is 8.00. The largest absolute Gasteiger partial charge is 0.492 e.